The fourth-order valence-electron chi connectivity index (χ4n) is 1.86. The number of aryl methyl sites for hydroxylation is 2. The van der Waals surface area contributed by atoms with Gasteiger partial charge in [0.1, 0.15) is 5.01 Å². The molecule has 1 aromatic heterocycles. The molecule has 0 bridgehead atoms. The molecule has 0 aromatic carbocycles. The molecule has 1 heterocycles. The van der Waals surface area contributed by atoms with Gasteiger partial charge in [-0.25, -0.2) is 4.98 Å². The third-order valence-electron chi connectivity index (χ3n) is 2.62. The van der Waals surface area contributed by atoms with Crippen molar-refractivity contribution in [3.8, 4) is 0 Å². The number of hydrogen-bond donors (Lipinski definition) is 1. The van der Waals surface area contributed by atoms with Crippen molar-refractivity contribution in [1.29, 1.82) is 0 Å². The lowest BCUT2D eigenvalue weighted by Crippen LogP contribution is -2.15. The van der Waals surface area contributed by atoms with Gasteiger partial charge in [-0.05, 0) is 44.2 Å². The number of fused-ring (bicyclic) bond motifs is 1. The molecule has 1 aliphatic carbocycles. The van der Waals surface area contributed by atoms with Crippen molar-refractivity contribution in [2.24, 2.45) is 0 Å². The summed E-state index contributed by atoms with van der Waals surface area (Å²) in [5, 5.41) is 4.74. The highest BCUT2D eigenvalue weighted by Gasteiger charge is 2.15. The molecular formula is C11H18N2S2. The summed E-state index contributed by atoms with van der Waals surface area (Å²) in [4.78, 5) is 6.20. The summed E-state index contributed by atoms with van der Waals surface area (Å²) in [6.07, 6.45) is 7.20. The van der Waals surface area contributed by atoms with Crippen LogP contribution in [-0.4, -0.2) is 23.5 Å². The molecule has 1 aromatic rings. The smallest absolute Gasteiger partial charge is 0.107 e. The van der Waals surface area contributed by atoms with E-state index in [1.54, 1.807) is 0 Å². The Morgan fingerprint density at radius 3 is 3.20 bits per heavy atom. The van der Waals surface area contributed by atoms with Crippen LogP contribution in [0.2, 0.25) is 0 Å². The molecule has 0 aliphatic heterocycles. The third-order valence-corrected chi connectivity index (χ3v) is 4.47. The Kier molecular flexibility index (Phi) is 4.47. The number of hydrogen-bond acceptors (Lipinski definition) is 4. The molecule has 4 heteroatoms. The van der Waals surface area contributed by atoms with E-state index >= 15 is 0 Å². The second-order valence-electron chi connectivity index (χ2n) is 3.85. The lowest BCUT2D eigenvalue weighted by molar-refractivity contribution is 0.674. The number of thioether (sulfide) groups is 1. The number of aromatic nitrogens is 1. The largest absolute Gasteiger partial charge is 0.310 e. The fraction of sp³-hybridized carbons (Fsp3) is 0.727. The average Bonchev–Trinajstić information content (AvgIpc) is 2.77. The van der Waals surface area contributed by atoms with Crippen LogP contribution in [0, 0.1) is 0 Å². The van der Waals surface area contributed by atoms with Gasteiger partial charge in [-0.15, -0.1) is 11.3 Å². The van der Waals surface area contributed by atoms with Crippen molar-refractivity contribution in [2.75, 3.05) is 18.6 Å². The number of thiazole rings is 1. The van der Waals surface area contributed by atoms with Crippen molar-refractivity contribution < 1.29 is 0 Å². The maximum absolute atomic E-state index is 4.66. The van der Waals surface area contributed by atoms with Gasteiger partial charge in [0.2, 0.25) is 0 Å². The quantitative estimate of drug-likeness (QED) is 0.776. The Hall–Kier alpha value is -0.0600. The van der Waals surface area contributed by atoms with E-state index in [2.05, 4.69) is 16.6 Å². The first kappa shape index (κ1) is 11.4. The predicted octanol–water partition coefficient (Wildman–Crippen LogP) is 2.47. The monoisotopic (exact) mass is 242 g/mol. The van der Waals surface area contributed by atoms with Crippen LogP contribution in [0.1, 0.15) is 28.4 Å². The first-order valence-corrected chi connectivity index (χ1v) is 7.78. The third kappa shape index (κ3) is 3.20. The normalized spacial score (nSPS) is 14.5. The van der Waals surface area contributed by atoms with Gasteiger partial charge in [-0.2, -0.15) is 11.8 Å². The van der Waals surface area contributed by atoms with Crippen molar-refractivity contribution in [3.05, 3.63) is 15.6 Å². The molecule has 1 aliphatic rings. The van der Waals surface area contributed by atoms with Gasteiger partial charge in [0.25, 0.3) is 0 Å². The van der Waals surface area contributed by atoms with Crippen molar-refractivity contribution >= 4 is 23.1 Å². The summed E-state index contributed by atoms with van der Waals surface area (Å²) in [5.74, 6) is 1.25. The molecule has 84 valence electrons. The highest BCUT2D eigenvalue weighted by atomic mass is 32.2. The van der Waals surface area contributed by atoms with Crippen molar-refractivity contribution in [2.45, 2.75) is 32.2 Å². The molecule has 15 heavy (non-hydrogen) atoms. The molecule has 0 amide bonds. The molecule has 0 fully saturated rings. The summed E-state index contributed by atoms with van der Waals surface area (Å²) in [7, 11) is 0. The zero-order chi connectivity index (χ0) is 10.5. The standard InChI is InChI=1S/C11H18N2S2/c1-14-7-3-6-12-8-11-13-9-4-2-5-10(9)15-11/h12H,2-8H2,1H3. The van der Waals surface area contributed by atoms with E-state index in [1.165, 1.54) is 47.0 Å². The highest BCUT2D eigenvalue weighted by molar-refractivity contribution is 7.98. The minimum atomic E-state index is 0.964. The van der Waals surface area contributed by atoms with Gasteiger partial charge in [0.05, 0.1) is 5.69 Å². The zero-order valence-electron chi connectivity index (χ0n) is 9.21. The van der Waals surface area contributed by atoms with Crippen LogP contribution in [0.15, 0.2) is 0 Å². The van der Waals surface area contributed by atoms with Crippen LogP contribution in [0.4, 0.5) is 0 Å². The molecule has 0 radical (unpaired) electrons. The lowest BCUT2D eigenvalue weighted by Gasteiger charge is -2.00. The van der Waals surface area contributed by atoms with Gasteiger partial charge in [-0.1, -0.05) is 0 Å². The first-order valence-electron chi connectivity index (χ1n) is 5.57. The van der Waals surface area contributed by atoms with E-state index in [1.807, 2.05) is 23.1 Å². The van der Waals surface area contributed by atoms with Crippen LogP contribution in [0.3, 0.4) is 0 Å². The first-order chi connectivity index (χ1) is 7.40. The maximum atomic E-state index is 4.66. The van der Waals surface area contributed by atoms with E-state index in [-0.39, 0.29) is 0 Å². The summed E-state index contributed by atoms with van der Waals surface area (Å²) in [6.45, 7) is 2.08. The SMILES string of the molecule is CSCCCNCc1nc2c(s1)CCC2. The van der Waals surface area contributed by atoms with Crippen LogP contribution in [-0.2, 0) is 19.4 Å². The van der Waals surface area contributed by atoms with Crippen LogP contribution >= 0.6 is 23.1 Å². The molecule has 0 unspecified atom stereocenters. The molecule has 1 N–H and O–H groups in total. The van der Waals surface area contributed by atoms with E-state index in [0.717, 1.165) is 13.1 Å². The van der Waals surface area contributed by atoms with E-state index in [4.69, 9.17) is 0 Å². The Morgan fingerprint density at radius 1 is 1.47 bits per heavy atom. The van der Waals surface area contributed by atoms with Gasteiger partial charge in [0, 0.05) is 11.4 Å². The summed E-state index contributed by atoms with van der Waals surface area (Å²) in [6, 6.07) is 0. The van der Waals surface area contributed by atoms with Gasteiger partial charge in [0.15, 0.2) is 0 Å². The minimum absolute atomic E-state index is 0.964. The van der Waals surface area contributed by atoms with E-state index in [9.17, 15) is 0 Å². The van der Waals surface area contributed by atoms with Crippen LogP contribution in [0.25, 0.3) is 0 Å². The fourth-order valence-corrected chi connectivity index (χ4v) is 3.42. The summed E-state index contributed by atoms with van der Waals surface area (Å²) >= 11 is 3.82. The number of nitrogens with zero attached hydrogens (tertiary/aromatic N) is 1. The van der Waals surface area contributed by atoms with E-state index in [0.29, 0.717) is 0 Å². The second-order valence-corrected chi connectivity index (χ2v) is 6.01. The molecule has 2 nitrogen and oxygen atoms in total. The van der Waals surface area contributed by atoms with Gasteiger partial charge in [-0.3, -0.25) is 0 Å². The van der Waals surface area contributed by atoms with Crippen molar-refractivity contribution in [1.82, 2.24) is 10.3 Å². The zero-order valence-corrected chi connectivity index (χ0v) is 10.8. The van der Waals surface area contributed by atoms with Gasteiger partial charge < -0.3 is 5.32 Å². The molecule has 2 rings (SSSR count). The molecular weight excluding hydrogens is 224 g/mol. The Morgan fingerprint density at radius 2 is 2.40 bits per heavy atom. The van der Waals surface area contributed by atoms with Crippen LogP contribution < -0.4 is 5.32 Å². The number of nitrogens with one attached hydrogen (secondary N) is 1. The lowest BCUT2D eigenvalue weighted by atomic mass is 10.4. The predicted molar refractivity (Wildman–Crippen MR) is 68.8 cm³/mol. The Balaban J connectivity index is 1.70. The molecule has 0 atom stereocenters. The van der Waals surface area contributed by atoms with Crippen molar-refractivity contribution in [3.63, 3.8) is 0 Å². The molecule has 0 saturated carbocycles. The average molecular weight is 242 g/mol. The minimum Gasteiger partial charge on any atom is -0.310 e. The summed E-state index contributed by atoms with van der Waals surface area (Å²) < 4.78 is 0. The topological polar surface area (TPSA) is 24.9 Å². The molecule has 0 saturated heterocycles. The highest BCUT2D eigenvalue weighted by Crippen LogP contribution is 2.27. The van der Waals surface area contributed by atoms with Crippen LogP contribution in [0.5, 0.6) is 0 Å². The summed E-state index contributed by atoms with van der Waals surface area (Å²) in [5.41, 5.74) is 1.38. The van der Waals surface area contributed by atoms with E-state index < -0.39 is 0 Å². The Bertz CT molecular complexity index is 288. The molecule has 0 spiro atoms. The Labute approximate surface area is 99.9 Å². The maximum Gasteiger partial charge on any atom is 0.107 e. The van der Waals surface area contributed by atoms with Gasteiger partial charge >= 0.3 is 0 Å². The second kappa shape index (κ2) is 5.87. The number of rotatable bonds is 6.